The lowest BCUT2D eigenvalue weighted by Gasteiger charge is -2.27. The maximum Gasteiger partial charge on any atom is 0.248 e. The van der Waals surface area contributed by atoms with E-state index in [0.29, 0.717) is 5.57 Å². The van der Waals surface area contributed by atoms with E-state index in [2.05, 4.69) is 11.9 Å². The molecule has 0 aromatic rings. The lowest BCUT2D eigenvalue weighted by molar-refractivity contribution is -0.127. The normalized spacial score (nSPS) is 18.1. The molecule has 0 aliphatic carbocycles. The van der Waals surface area contributed by atoms with Gasteiger partial charge in [-0.1, -0.05) is 6.58 Å². The number of rotatable bonds is 1. The largest absolute Gasteiger partial charge is 0.336 e. The van der Waals surface area contributed by atoms with Gasteiger partial charge in [0.1, 0.15) is 0 Å². The van der Waals surface area contributed by atoms with Gasteiger partial charge in [-0.15, -0.1) is 0 Å². The predicted molar refractivity (Wildman–Crippen MR) is 44.3 cm³/mol. The Morgan fingerprint density at radius 1 is 1.45 bits per heavy atom. The van der Waals surface area contributed by atoms with Crippen molar-refractivity contribution in [2.45, 2.75) is 6.92 Å². The van der Waals surface area contributed by atoms with Crippen LogP contribution in [0.1, 0.15) is 6.92 Å². The summed E-state index contributed by atoms with van der Waals surface area (Å²) in [5.74, 6) is 0.0894. The first kappa shape index (κ1) is 8.27. The fourth-order valence-electron chi connectivity index (χ4n) is 1.14. The summed E-state index contributed by atoms with van der Waals surface area (Å²) >= 11 is 0. The van der Waals surface area contributed by atoms with Crippen LogP contribution in [0.3, 0.4) is 0 Å². The number of nitrogens with one attached hydrogen (secondary N) is 1. The van der Waals surface area contributed by atoms with E-state index in [4.69, 9.17) is 0 Å². The van der Waals surface area contributed by atoms with Crippen LogP contribution in [-0.2, 0) is 4.79 Å². The lowest BCUT2D eigenvalue weighted by Crippen LogP contribution is -2.46. The van der Waals surface area contributed by atoms with Gasteiger partial charge in [0.2, 0.25) is 5.91 Å². The molecule has 1 heterocycles. The molecule has 0 aromatic heterocycles. The van der Waals surface area contributed by atoms with E-state index in [0.717, 1.165) is 26.2 Å². The smallest absolute Gasteiger partial charge is 0.248 e. The van der Waals surface area contributed by atoms with Crippen molar-refractivity contribution in [1.29, 1.82) is 0 Å². The summed E-state index contributed by atoms with van der Waals surface area (Å²) in [5.41, 5.74) is 0.631. The zero-order valence-corrected chi connectivity index (χ0v) is 6.89. The second-order valence-corrected chi connectivity index (χ2v) is 2.82. The first-order valence-electron chi connectivity index (χ1n) is 3.87. The third kappa shape index (κ3) is 2.05. The topological polar surface area (TPSA) is 32.3 Å². The average molecular weight is 154 g/mol. The van der Waals surface area contributed by atoms with Crippen LogP contribution in [0.25, 0.3) is 0 Å². The Bertz CT molecular complexity index is 171. The molecule has 1 rings (SSSR count). The Balaban J connectivity index is 2.45. The zero-order chi connectivity index (χ0) is 8.27. The van der Waals surface area contributed by atoms with Gasteiger partial charge in [-0.25, -0.2) is 0 Å². The van der Waals surface area contributed by atoms with Crippen LogP contribution in [0.4, 0.5) is 0 Å². The first-order chi connectivity index (χ1) is 5.22. The van der Waals surface area contributed by atoms with E-state index in [1.165, 1.54) is 0 Å². The summed E-state index contributed by atoms with van der Waals surface area (Å²) in [4.78, 5) is 13.1. The number of nitrogens with zero attached hydrogens (tertiary/aromatic N) is 1. The van der Waals surface area contributed by atoms with Crippen molar-refractivity contribution in [2.24, 2.45) is 0 Å². The summed E-state index contributed by atoms with van der Waals surface area (Å²) < 4.78 is 0. The quantitative estimate of drug-likeness (QED) is 0.539. The molecule has 0 unspecified atom stereocenters. The highest BCUT2D eigenvalue weighted by Gasteiger charge is 2.15. The molecule has 3 nitrogen and oxygen atoms in total. The van der Waals surface area contributed by atoms with Gasteiger partial charge in [0.05, 0.1) is 0 Å². The molecule has 1 fully saturated rings. The van der Waals surface area contributed by atoms with E-state index in [9.17, 15) is 4.79 Å². The Hall–Kier alpha value is -0.830. The molecule has 62 valence electrons. The number of carbonyl (C=O) groups excluding carboxylic acids is 1. The molecule has 11 heavy (non-hydrogen) atoms. The minimum absolute atomic E-state index is 0.0894. The van der Waals surface area contributed by atoms with Crippen LogP contribution in [0.15, 0.2) is 12.2 Å². The lowest BCUT2D eigenvalue weighted by atomic mass is 10.2. The van der Waals surface area contributed by atoms with Crippen molar-refractivity contribution in [3.8, 4) is 0 Å². The SMILES string of the molecule is C=C(C)C(=O)N1CCNCC1. The van der Waals surface area contributed by atoms with Crippen molar-refractivity contribution in [2.75, 3.05) is 26.2 Å². The first-order valence-corrected chi connectivity index (χ1v) is 3.87. The predicted octanol–water partition coefficient (Wildman–Crippen LogP) is -0.00570. The second kappa shape index (κ2) is 3.53. The Morgan fingerprint density at radius 3 is 2.45 bits per heavy atom. The van der Waals surface area contributed by atoms with Crippen LogP contribution < -0.4 is 5.32 Å². The fourth-order valence-corrected chi connectivity index (χ4v) is 1.14. The summed E-state index contributed by atoms with van der Waals surface area (Å²) in [6.07, 6.45) is 0. The summed E-state index contributed by atoms with van der Waals surface area (Å²) in [6, 6.07) is 0. The van der Waals surface area contributed by atoms with Gasteiger partial charge in [0.15, 0.2) is 0 Å². The molecule has 0 spiro atoms. The van der Waals surface area contributed by atoms with Crippen LogP contribution in [0.2, 0.25) is 0 Å². The van der Waals surface area contributed by atoms with Crippen molar-refractivity contribution >= 4 is 5.91 Å². The summed E-state index contributed by atoms with van der Waals surface area (Å²) in [5, 5.41) is 3.18. The molecular formula is C8H14N2O. The molecule has 0 aromatic carbocycles. The van der Waals surface area contributed by atoms with E-state index < -0.39 is 0 Å². The molecule has 1 N–H and O–H groups in total. The number of hydrogen-bond donors (Lipinski definition) is 1. The molecule has 1 aliphatic rings. The molecule has 1 amide bonds. The Kier molecular flexibility index (Phi) is 2.65. The van der Waals surface area contributed by atoms with Crippen LogP contribution in [0.5, 0.6) is 0 Å². The van der Waals surface area contributed by atoms with Crippen molar-refractivity contribution in [3.63, 3.8) is 0 Å². The fraction of sp³-hybridized carbons (Fsp3) is 0.625. The third-order valence-corrected chi connectivity index (χ3v) is 1.77. The van der Waals surface area contributed by atoms with Gasteiger partial charge in [-0.3, -0.25) is 4.79 Å². The molecule has 0 saturated carbocycles. The highest BCUT2D eigenvalue weighted by molar-refractivity contribution is 5.92. The van der Waals surface area contributed by atoms with Gasteiger partial charge in [-0.2, -0.15) is 0 Å². The van der Waals surface area contributed by atoms with Gasteiger partial charge in [0.25, 0.3) is 0 Å². The monoisotopic (exact) mass is 154 g/mol. The van der Waals surface area contributed by atoms with Gasteiger partial charge in [-0.05, 0) is 6.92 Å². The maximum absolute atomic E-state index is 11.3. The van der Waals surface area contributed by atoms with Crippen molar-refractivity contribution in [3.05, 3.63) is 12.2 Å². The molecule has 1 aliphatic heterocycles. The molecular weight excluding hydrogens is 140 g/mol. The molecule has 0 radical (unpaired) electrons. The van der Waals surface area contributed by atoms with Crippen molar-refractivity contribution < 1.29 is 4.79 Å². The maximum atomic E-state index is 11.3. The van der Waals surface area contributed by atoms with Gasteiger partial charge >= 0.3 is 0 Å². The number of carbonyl (C=O) groups is 1. The average Bonchev–Trinajstić information content (AvgIpc) is 2.05. The number of hydrogen-bond acceptors (Lipinski definition) is 2. The number of amides is 1. The zero-order valence-electron chi connectivity index (χ0n) is 6.89. The third-order valence-electron chi connectivity index (χ3n) is 1.77. The summed E-state index contributed by atoms with van der Waals surface area (Å²) in [7, 11) is 0. The molecule has 3 heteroatoms. The van der Waals surface area contributed by atoms with Gasteiger partial charge < -0.3 is 10.2 Å². The van der Waals surface area contributed by atoms with Gasteiger partial charge in [0, 0.05) is 31.8 Å². The Labute approximate surface area is 67.1 Å². The Morgan fingerprint density at radius 2 is 2.00 bits per heavy atom. The highest BCUT2D eigenvalue weighted by atomic mass is 16.2. The number of piperazine rings is 1. The van der Waals surface area contributed by atoms with E-state index >= 15 is 0 Å². The summed E-state index contributed by atoms with van der Waals surface area (Å²) in [6.45, 7) is 8.80. The molecule has 0 bridgehead atoms. The van der Waals surface area contributed by atoms with Crippen molar-refractivity contribution in [1.82, 2.24) is 10.2 Å². The van der Waals surface area contributed by atoms with E-state index in [1.807, 2.05) is 4.90 Å². The standard InChI is InChI=1S/C8H14N2O/c1-7(2)8(11)10-5-3-9-4-6-10/h9H,1,3-6H2,2H3. The van der Waals surface area contributed by atoms with Crippen LogP contribution in [-0.4, -0.2) is 37.0 Å². The van der Waals surface area contributed by atoms with Crippen LogP contribution in [0, 0.1) is 0 Å². The van der Waals surface area contributed by atoms with E-state index in [-0.39, 0.29) is 5.91 Å². The molecule has 0 atom stereocenters. The molecule has 1 saturated heterocycles. The minimum atomic E-state index is 0.0894. The van der Waals surface area contributed by atoms with E-state index in [1.54, 1.807) is 6.92 Å². The minimum Gasteiger partial charge on any atom is -0.336 e. The highest BCUT2D eigenvalue weighted by Crippen LogP contribution is 1.99. The van der Waals surface area contributed by atoms with Crippen LogP contribution >= 0.6 is 0 Å². The second-order valence-electron chi connectivity index (χ2n) is 2.82.